The van der Waals surface area contributed by atoms with Crippen LogP contribution >= 0.6 is 0 Å². The number of carbonyl (C=O) groups excluding carboxylic acids is 1. The van der Waals surface area contributed by atoms with Gasteiger partial charge in [-0.15, -0.1) is 0 Å². The lowest BCUT2D eigenvalue weighted by Crippen LogP contribution is -2.54. The predicted molar refractivity (Wildman–Crippen MR) is 70.4 cm³/mol. The maximum absolute atomic E-state index is 11.7. The zero-order valence-corrected chi connectivity index (χ0v) is 12.1. The highest BCUT2D eigenvalue weighted by atomic mass is 16.7. The van der Waals surface area contributed by atoms with Crippen molar-refractivity contribution >= 4 is 11.9 Å². The van der Waals surface area contributed by atoms with Gasteiger partial charge in [-0.2, -0.15) is 5.26 Å². The van der Waals surface area contributed by atoms with Crippen LogP contribution in [0.2, 0.25) is 0 Å². The maximum Gasteiger partial charge on any atom is 0.317 e. The minimum Gasteiger partial charge on any atom is -0.480 e. The molecule has 1 heterocycles. The zero-order chi connectivity index (χ0) is 15.3. The quantitative estimate of drug-likeness (QED) is 0.743. The Hall–Kier alpha value is -1.65. The normalized spacial score (nSPS) is 23.4. The van der Waals surface area contributed by atoms with E-state index in [4.69, 9.17) is 15.2 Å². The van der Waals surface area contributed by atoms with E-state index in [9.17, 15) is 9.59 Å². The van der Waals surface area contributed by atoms with E-state index in [0.717, 1.165) is 0 Å². The highest BCUT2D eigenvalue weighted by molar-refractivity contribution is 5.72. The molecule has 2 atom stereocenters. The molecule has 0 unspecified atom stereocenters. The third kappa shape index (κ3) is 4.47. The van der Waals surface area contributed by atoms with Crippen molar-refractivity contribution in [1.82, 2.24) is 9.96 Å². The summed E-state index contributed by atoms with van der Waals surface area (Å²) in [5, 5.41) is 19.3. The molecular weight excluding hydrogens is 262 g/mol. The third-order valence-electron chi connectivity index (χ3n) is 3.11. The summed E-state index contributed by atoms with van der Waals surface area (Å²) < 4.78 is 0. The van der Waals surface area contributed by atoms with Crippen LogP contribution in [0.5, 0.6) is 0 Å². The molecule has 0 aliphatic carbocycles. The van der Waals surface area contributed by atoms with E-state index >= 15 is 0 Å². The summed E-state index contributed by atoms with van der Waals surface area (Å²) >= 11 is 0. The van der Waals surface area contributed by atoms with Gasteiger partial charge in [0.15, 0.2) is 0 Å². The molecule has 7 heteroatoms. The fourth-order valence-electron chi connectivity index (χ4n) is 2.35. The second-order valence-electron chi connectivity index (χ2n) is 5.20. The molecule has 1 saturated heterocycles. The number of carboxylic acid groups (broad SMARTS) is 1. The van der Waals surface area contributed by atoms with Crippen molar-refractivity contribution in [2.24, 2.45) is 0 Å². The Morgan fingerprint density at radius 3 is 2.60 bits per heavy atom. The van der Waals surface area contributed by atoms with Crippen LogP contribution < -0.4 is 0 Å². The molecule has 1 aliphatic rings. The van der Waals surface area contributed by atoms with Gasteiger partial charge in [-0.25, -0.2) is 5.06 Å². The van der Waals surface area contributed by atoms with Crippen molar-refractivity contribution in [3.8, 4) is 6.07 Å². The van der Waals surface area contributed by atoms with Crippen molar-refractivity contribution in [2.45, 2.75) is 51.8 Å². The van der Waals surface area contributed by atoms with E-state index in [1.54, 1.807) is 4.90 Å². The van der Waals surface area contributed by atoms with Gasteiger partial charge in [0.05, 0.1) is 30.8 Å². The van der Waals surface area contributed by atoms with Crippen LogP contribution in [0.4, 0.5) is 0 Å². The summed E-state index contributed by atoms with van der Waals surface area (Å²) in [6, 6.07) is 1.46. The first-order valence-electron chi connectivity index (χ1n) is 6.67. The van der Waals surface area contributed by atoms with Crippen molar-refractivity contribution in [1.29, 1.82) is 5.26 Å². The minimum atomic E-state index is -0.981. The molecule has 0 aromatic carbocycles. The fourth-order valence-corrected chi connectivity index (χ4v) is 2.35. The SMILES string of the molecule is CC(=O)N(OC(C)C)[C@@H]1CC[C@@H](C#N)N(CC(=O)O)C1. The topological polar surface area (TPSA) is 93.9 Å². The second-order valence-corrected chi connectivity index (χ2v) is 5.20. The number of carboxylic acids is 1. The number of nitriles is 1. The van der Waals surface area contributed by atoms with Crippen LogP contribution in [-0.4, -0.2) is 58.2 Å². The van der Waals surface area contributed by atoms with Crippen molar-refractivity contribution in [3.63, 3.8) is 0 Å². The van der Waals surface area contributed by atoms with Gasteiger partial charge in [-0.3, -0.25) is 19.3 Å². The molecular formula is C13H21N3O4. The van der Waals surface area contributed by atoms with Gasteiger partial charge >= 0.3 is 5.97 Å². The van der Waals surface area contributed by atoms with Gasteiger partial charge < -0.3 is 5.11 Å². The second kappa shape index (κ2) is 7.22. The Bertz CT molecular complexity index is 405. The summed E-state index contributed by atoms with van der Waals surface area (Å²) in [6.07, 6.45) is 1.01. The molecule has 1 N–H and O–H groups in total. The lowest BCUT2D eigenvalue weighted by molar-refractivity contribution is -0.219. The lowest BCUT2D eigenvalue weighted by Gasteiger charge is -2.40. The maximum atomic E-state index is 11.7. The number of piperidine rings is 1. The molecule has 0 aromatic heterocycles. The van der Waals surface area contributed by atoms with Crippen molar-refractivity contribution in [3.05, 3.63) is 0 Å². The Balaban J connectivity index is 2.78. The van der Waals surface area contributed by atoms with Crippen LogP contribution in [0.3, 0.4) is 0 Å². The zero-order valence-electron chi connectivity index (χ0n) is 12.1. The Kier molecular flexibility index (Phi) is 5.92. The van der Waals surface area contributed by atoms with E-state index in [-0.39, 0.29) is 24.6 Å². The number of hydrogen-bond donors (Lipinski definition) is 1. The summed E-state index contributed by atoms with van der Waals surface area (Å²) in [6.45, 7) is 5.19. The molecule has 0 spiro atoms. The highest BCUT2D eigenvalue weighted by Gasteiger charge is 2.34. The van der Waals surface area contributed by atoms with Gasteiger partial charge in [0.25, 0.3) is 0 Å². The minimum absolute atomic E-state index is 0.138. The molecule has 0 bridgehead atoms. The standard InChI is InChI=1S/C13H21N3O4/c1-9(2)20-16(10(3)17)12-5-4-11(6-14)15(7-12)8-13(18)19/h9,11-12H,4-5,7-8H2,1-3H3,(H,18,19)/t11-,12+/m0/s1. The van der Waals surface area contributed by atoms with Crippen LogP contribution in [0, 0.1) is 11.3 Å². The summed E-state index contributed by atoms with van der Waals surface area (Å²) in [7, 11) is 0. The highest BCUT2D eigenvalue weighted by Crippen LogP contribution is 2.22. The monoisotopic (exact) mass is 283 g/mol. The van der Waals surface area contributed by atoms with Crippen LogP contribution in [0.25, 0.3) is 0 Å². The largest absolute Gasteiger partial charge is 0.480 e. The van der Waals surface area contributed by atoms with Crippen LogP contribution in [0.1, 0.15) is 33.6 Å². The molecule has 112 valence electrons. The molecule has 1 rings (SSSR count). The molecule has 0 saturated carbocycles. The van der Waals surface area contributed by atoms with E-state index in [2.05, 4.69) is 6.07 Å². The summed E-state index contributed by atoms with van der Waals surface area (Å²) in [5.41, 5.74) is 0. The molecule has 0 radical (unpaired) electrons. The molecule has 1 amide bonds. The smallest absolute Gasteiger partial charge is 0.317 e. The Morgan fingerprint density at radius 1 is 1.50 bits per heavy atom. The fraction of sp³-hybridized carbons (Fsp3) is 0.769. The average Bonchev–Trinajstić information content (AvgIpc) is 2.34. The number of hydroxylamine groups is 2. The third-order valence-corrected chi connectivity index (χ3v) is 3.11. The van der Waals surface area contributed by atoms with Gasteiger partial charge in [0.2, 0.25) is 5.91 Å². The van der Waals surface area contributed by atoms with E-state index in [1.807, 2.05) is 13.8 Å². The van der Waals surface area contributed by atoms with E-state index in [1.165, 1.54) is 12.0 Å². The summed E-state index contributed by atoms with van der Waals surface area (Å²) in [4.78, 5) is 29.6. The molecule has 0 aromatic rings. The van der Waals surface area contributed by atoms with Gasteiger partial charge in [0, 0.05) is 13.5 Å². The van der Waals surface area contributed by atoms with Gasteiger partial charge in [0.1, 0.15) is 0 Å². The first kappa shape index (κ1) is 16.4. The van der Waals surface area contributed by atoms with Crippen molar-refractivity contribution in [2.75, 3.05) is 13.1 Å². The number of rotatable bonds is 5. The first-order chi connectivity index (χ1) is 9.35. The predicted octanol–water partition coefficient (Wildman–Crippen LogP) is 0.616. The first-order valence-corrected chi connectivity index (χ1v) is 6.67. The Labute approximate surface area is 118 Å². The van der Waals surface area contributed by atoms with Gasteiger partial charge in [-0.1, -0.05) is 0 Å². The number of carbonyl (C=O) groups is 2. The number of likely N-dealkylation sites (tertiary alicyclic amines) is 1. The van der Waals surface area contributed by atoms with Crippen LogP contribution in [0.15, 0.2) is 0 Å². The summed E-state index contributed by atoms with van der Waals surface area (Å²) in [5.74, 6) is -1.19. The Morgan fingerprint density at radius 2 is 2.15 bits per heavy atom. The molecule has 1 aliphatic heterocycles. The van der Waals surface area contributed by atoms with E-state index in [0.29, 0.717) is 19.4 Å². The molecule has 20 heavy (non-hydrogen) atoms. The van der Waals surface area contributed by atoms with Crippen LogP contribution in [-0.2, 0) is 14.4 Å². The molecule has 1 fully saturated rings. The number of amides is 1. The lowest BCUT2D eigenvalue weighted by atomic mass is 9.98. The molecule has 7 nitrogen and oxygen atoms in total. The number of hydrogen-bond acceptors (Lipinski definition) is 5. The average molecular weight is 283 g/mol. The van der Waals surface area contributed by atoms with Gasteiger partial charge in [-0.05, 0) is 26.7 Å². The van der Waals surface area contributed by atoms with Crippen molar-refractivity contribution < 1.29 is 19.5 Å². The van der Waals surface area contributed by atoms with E-state index < -0.39 is 12.0 Å². The number of aliphatic carboxylic acids is 1. The number of nitrogens with zero attached hydrogens (tertiary/aromatic N) is 3.